The zero-order valence-corrected chi connectivity index (χ0v) is 6.88. The van der Waals surface area contributed by atoms with E-state index in [1.54, 1.807) is 0 Å². The number of nitrogens with one attached hydrogen (secondary N) is 1. The number of aliphatic carboxylic acids is 1. The molecule has 0 aromatic rings. The maximum Gasteiger partial charge on any atom is 0.310 e. The van der Waals surface area contributed by atoms with Crippen LogP contribution < -0.4 is 5.32 Å². The van der Waals surface area contributed by atoms with Crippen molar-refractivity contribution >= 4 is 11.8 Å². The summed E-state index contributed by atoms with van der Waals surface area (Å²) in [6.07, 6.45) is 1.25. The highest BCUT2D eigenvalue weighted by Gasteiger charge is 2.22. The molecule has 1 aliphatic heterocycles. The van der Waals surface area contributed by atoms with Gasteiger partial charge in [0.05, 0.1) is 0 Å². The summed E-state index contributed by atoms with van der Waals surface area (Å²) < 4.78 is 0. The first kappa shape index (κ1) is 9.19. The minimum atomic E-state index is -1.02. The molecule has 68 valence electrons. The van der Waals surface area contributed by atoms with Gasteiger partial charge in [-0.1, -0.05) is 0 Å². The fourth-order valence-corrected chi connectivity index (χ4v) is 1.44. The third-order valence-corrected chi connectivity index (χ3v) is 2.12. The van der Waals surface area contributed by atoms with Crippen molar-refractivity contribution < 1.29 is 14.7 Å². The van der Waals surface area contributed by atoms with Gasteiger partial charge in [-0.2, -0.15) is 0 Å². The molecule has 1 fully saturated rings. The Morgan fingerprint density at radius 1 is 1.33 bits per heavy atom. The lowest BCUT2D eigenvalue weighted by Crippen LogP contribution is -2.32. The molecule has 0 aromatic carbocycles. The molecule has 0 aliphatic carbocycles. The summed E-state index contributed by atoms with van der Waals surface area (Å²) in [6.45, 7) is 1.66. The van der Waals surface area contributed by atoms with Gasteiger partial charge in [-0.3, -0.25) is 9.59 Å². The van der Waals surface area contributed by atoms with Gasteiger partial charge in [-0.15, -0.1) is 0 Å². The number of Topliss-reactive ketones (excluding diaryl/α,β-unsaturated/α-hetero) is 1. The fourth-order valence-electron chi connectivity index (χ4n) is 1.44. The first-order valence-electron chi connectivity index (χ1n) is 4.15. The molecular formula is C8H13NO3. The highest BCUT2D eigenvalue weighted by Crippen LogP contribution is 2.14. The van der Waals surface area contributed by atoms with Crippen LogP contribution in [0.25, 0.3) is 0 Å². The van der Waals surface area contributed by atoms with E-state index in [9.17, 15) is 9.59 Å². The smallest absolute Gasteiger partial charge is 0.310 e. The van der Waals surface area contributed by atoms with Crippen molar-refractivity contribution in [1.29, 1.82) is 0 Å². The highest BCUT2D eigenvalue weighted by molar-refractivity contribution is 5.96. The Morgan fingerprint density at radius 2 is 1.92 bits per heavy atom. The fraction of sp³-hybridized carbons (Fsp3) is 0.750. The molecule has 0 radical (unpaired) electrons. The summed E-state index contributed by atoms with van der Waals surface area (Å²) >= 11 is 0. The maximum absolute atomic E-state index is 11.2. The van der Waals surface area contributed by atoms with Crippen LogP contribution >= 0.6 is 0 Å². The van der Waals surface area contributed by atoms with Crippen LogP contribution in [-0.4, -0.2) is 29.9 Å². The average molecular weight is 171 g/mol. The number of carbonyl (C=O) groups excluding carboxylic acids is 1. The van der Waals surface area contributed by atoms with E-state index in [0.717, 1.165) is 25.9 Å². The van der Waals surface area contributed by atoms with E-state index in [1.165, 1.54) is 0 Å². The second-order valence-corrected chi connectivity index (χ2v) is 3.06. The lowest BCUT2D eigenvalue weighted by atomic mass is 9.92. The predicted octanol–water partition coefficient (Wildman–Crippen LogP) is 0.0298. The van der Waals surface area contributed by atoms with Crippen molar-refractivity contribution in [3.8, 4) is 0 Å². The number of carbonyl (C=O) groups is 2. The summed E-state index contributed by atoms with van der Waals surface area (Å²) in [6, 6.07) is 0. The summed E-state index contributed by atoms with van der Waals surface area (Å²) in [5.74, 6) is -1.16. The normalized spacial score (nSPS) is 19.0. The molecule has 1 saturated heterocycles. The Labute approximate surface area is 71.0 Å². The number of hydrogen-bond acceptors (Lipinski definition) is 3. The number of carboxylic acid groups (broad SMARTS) is 1. The van der Waals surface area contributed by atoms with E-state index in [4.69, 9.17) is 5.11 Å². The van der Waals surface area contributed by atoms with Crippen molar-refractivity contribution in [3.63, 3.8) is 0 Å². The lowest BCUT2D eigenvalue weighted by molar-refractivity contribution is -0.141. The minimum absolute atomic E-state index is 0.0256. The molecule has 0 atom stereocenters. The average Bonchev–Trinajstić information content (AvgIpc) is 2.05. The number of ketones is 1. The molecule has 0 aromatic heterocycles. The topological polar surface area (TPSA) is 66.4 Å². The van der Waals surface area contributed by atoms with Crippen LogP contribution in [0.2, 0.25) is 0 Å². The predicted molar refractivity (Wildman–Crippen MR) is 42.9 cm³/mol. The molecule has 0 unspecified atom stereocenters. The Balaban J connectivity index is 2.34. The van der Waals surface area contributed by atoms with Gasteiger partial charge in [0.25, 0.3) is 0 Å². The number of rotatable bonds is 3. The van der Waals surface area contributed by atoms with E-state index in [1.807, 2.05) is 0 Å². The van der Waals surface area contributed by atoms with E-state index in [0.29, 0.717) is 0 Å². The molecule has 1 heterocycles. The van der Waals surface area contributed by atoms with E-state index >= 15 is 0 Å². The summed E-state index contributed by atoms with van der Waals surface area (Å²) in [4.78, 5) is 21.4. The second kappa shape index (κ2) is 4.21. The van der Waals surface area contributed by atoms with Gasteiger partial charge in [0.15, 0.2) is 0 Å². The largest absolute Gasteiger partial charge is 0.481 e. The molecule has 2 N–H and O–H groups in total. The van der Waals surface area contributed by atoms with Crippen LogP contribution in [0, 0.1) is 5.92 Å². The molecular weight excluding hydrogens is 158 g/mol. The van der Waals surface area contributed by atoms with Crippen molar-refractivity contribution in [1.82, 2.24) is 5.32 Å². The third kappa shape index (κ3) is 2.62. The summed E-state index contributed by atoms with van der Waals surface area (Å²) in [5.41, 5.74) is 0. The van der Waals surface area contributed by atoms with Gasteiger partial charge in [0.1, 0.15) is 12.2 Å². The summed E-state index contributed by atoms with van der Waals surface area (Å²) in [7, 11) is 0. The van der Waals surface area contributed by atoms with Gasteiger partial charge >= 0.3 is 5.97 Å². The second-order valence-electron chi connectivity index (χ2n) is 3.06. The minimum Gasteiger partial charge on any atom is -0.481 e. The standard InChI is InChI=1S/C8H13NO3/c10-7(5-8(11)12)6-1-3-9-4-2-6/h6,9H,1-5H2,(H,11,12). The number of carboxylic acids is 1. The van der Waals surface area contributed by atoms with Crippen molar-refractivity contribution in [2.45, 2.75) is 19.3 Å². The molecule has 0 bridgehead atoms. The molecule has 4 nitrogen and oxygen atoms in total. The van der Waals surface area contributed by atoms with Crippen molar-refractivity contribution in [3.05, 3.63) is 0 Å². The van der Waals surface area contributed by atoms with Gasteiger partial charge in [-0.05, 0) is 25.9 Å². The van der Waals surface area contributed by atoms with Gasteiger partial charge in [0, 0.05) is 5.92 Å². The van der Waals surface area contributed by atoms with E-state index in [2.05, 4.69) is 5.32 Å². The molecule has 1 rings (SSSR count). The molecule has 4 heteroatoms. The molecule has 1 aliphatic rings. The Bertz CT molecular complexity index is 185. The van der Waals surface area contributed by atoms with E-state index in [-0.39, 0.29) is 18.1 Å². The van der Waals surface area contributed by atoms with Crippen LogP contribution in [0.5, 0.6) is 0 Å². The van der Waals surface area contributed by atoms with Crippen LogP contribution in [-0.2, 0) is 9.59 Å². The van der Waals surface area contributed by atoms with E-state index < -0.39 is 5.97 Å². The first-order valence-corrected chi connectivity index (χ1v) is 4.15. The zero-order chi connectivity index (χ0) is 8.97. The third-order valence-electron chi connectivity index (χ3n) is 2.12. The Hall–Kier alpha value is -0.900. The highest BCUT2D eigenvalue weighted by atomic mass is 16.4. The number of hydrogen-bond donors (Lipinski definition) is 2. The van der Waals surface area contributed by atoms with Gasteiger partial charge < -0.3 is 10.4 Å². The van der Waals surface area contributed by atoms with Crippen LogP contribution in [0.4, 0.5) is 0 Å². The Morgan fingerprint density at radius 3 is 2.42 bits per heavy atom. The molecule has 0 saturated carbocycles. The molecule has 12 heavy (non-hydrogen) atoms. The monoisotopic (exact) mass is 171 g/mol. The van der Waals surface area contributed by atoms with Crippen LogP contribution in [0.3, 0.4) is 0 Å². The zero-order valence-electron chi connectivity index (χ0n) is 6.88. The number of piperidine rings is 1. The Kier molecular flexibility index (Phi) is 3.22. The van der Waals surface area contributed by atoms with Crippen LogP contribution in [0.1, 0.15) is 19.3 Å². The lowest BCUT2D eigenvalue weighted by Gasteiger charge is -2.20. The van der Waals surface area contributed by atoms with Gasteiger partial charge in [-0.25, -0.2) is 0 Å². The SMILES string of the molecule is O=C(O)CC(=O)C1CCNCC1. The quantitative estimate of drug-likeness (QED) is 0.588. The van der Waals surface area contributed by atoms with Crippen LogP contribution in [0.15, 0.2) is 0 Å². The summed E-state index contributed by atoms with van der Waals surface area (Å²) in [5, 5.41) is 11.5. The molecule has 0 spiro atoms. The first-order chi connectivity index (χ1) is 5.70. The van der Waals surface area contributed by atoms with Crippen molar-refractivity contribution in [2.75, 3.05) is 13.1 Å². The maximum atomic E-state index is 11.2. The van der Waals surface area contributed by atoms with Gasteiger partial charge in [0.2, 0.25) is 0 Å². The van der Waals surface area contributed by atoms with Crippen molar-refractivity contribution in [2.24, 2.45) is 5.92 Å². The molecule has 0 amide bonds.